The number of hydrogen-bond donors (Lipinski definition) is 2. The molecule has 0 aromatic heterocycles. The normalized spacial score (nSPS) is 47.8. The van der Waals surface area contributed by atoms with Crippen molar-refractivity contribution >= 4 is 29.8 Å². The van der Waals surface area contributed by atoms with Gasteiger partial charge in [-0.2, -0.15) is 0 Å². The predicted molar refractivity (Wildman–Crippen MR) is 122 cm³/mol. The van der Waals surface area contributed by atoms with E-state index in [9.17, 15) is 9.59 Å². The molecule has 1 amide bonds. The van der Waals surface area contributed by atoms with Gasteiger partial charge < -0.3 is 15.9 Å². The van der Waals surface area contributed by atoms with Crippen LogP contribution >= 0.6 is 12.4 Å². The molecule has 5 rings (SSSR count). The highest BCUT2D eigenvalue weighted by molar-refractivity contribution is 5.88. The van der Waals surface area contributed by atoms with E-state index in [4.69, 9.17) is 10.6 Å². The molecule has 6 nitrogen and oxygen atoms in total. The Labute approximate surface area is 191 Å². The molecule has 7 heteroatoms. The molecule has 4 aliphatic carbocycles. The minimum absolute atomic E-state index is 0. The number of fused-ring (bicyclic) bond motifs is 5. The number of hydrogen-bond acceptors (Lipinski definition) is 5. The van der Waals surface area contributed by atoms with Crippen LogP contribution in [0.1, 0.15) is 71.6 Å². The molecule has 0 unspecified atom stereocenters. The Kier molecular flexibility index (Phi) is 6.19. The largest absolute Gasteiger partial charge is 0.391 e. The summed E-state index contributed by atoms with van der Waals surface area (Å²) >= 11 is 0. The van der Waals surface area contributed by atoms with E-state index in [0.717, 1.165) is 76.6 Å². The van der Waals surface area contributed by atoms with Crippen LogP contribution in [0.15, 0.2) is 5.16 Å². The van der Waals surface area contributed by atoms with E-state index >= 15 is 0 Å². The summed E-state index contributed by atoms with van der Waals surface area (Å²) in [6, 6.07) is 0. The lowest BCUT2D eigenvalue weighted by Gasteiger charge is -2.61. The standard InChI is InChI=1S/C24H37N3O3.ClH/c1-23-8-5-14(27-30-15-7-10-26-13-15)11-20(23)17(22(25)29)12-16-18-3-4-21(28)24(18,2)9-6-19(16)23;/h15-20,26H,3-13H2,1-2H3,(H2,25,29);1H/b27-14+;/t15-,16+,17+,18+,19+,20-,23-,24+;/m1./s1. The molecule has 174 valence electrons. The van der Waals surface area contributed by atoms with Crippen molar-refractivity contribution in [1.29, 1.82) is 0 Å². The fraction of sp³-hybridized carbons (Fsp3) is 0.875. The van der Waals surface area contributed by atoms with Gasteiger partial charge in [-0.25, -0.2) is 0 Å². The first kappa shape index (κ1) is 23.0. The molecule has 1 aliphatic heterocycles. The molecule has 0 radical (unpaired) electrons. The van der Waals surface area contributed by atoms with Crippen LogP contribution < -0.4 is 11.1 Å². The predicted octanol–water partition coefficient (Wildman–Crippen LogP) is 3.47. The minimum atomic E-state index is -0.170. The Balaban J connectivity index is 0.00000231. The van der Waals surface area contributed by atoms with E-state index in [2.05, 4.69) is 24.3 Å². The number of carbonyl (C=O) groups excluding carboxylic acids is 2. The third-order valence-corrected chi connectivity index (χ3v) is 9.97. The number of halogens is 1. The summed E-state index contributed by atoms with van der Waals surface area (Å²) < 4.78 is 0. The van der Waals surface area contributed by atoms with E-state index in [1.165, 1.54) is 0 Å². The van der Waals surface area contributed by atoms with Crippen LogP contribution in [0.4, 0.5) is 0 Å². The van der Waals surface area contributed by atoms with Crippen molar-refractivity contribution in [3.8, 4) is 0 Å². The Morgan fingerprint density at radius 1 is 1.13 bits per heavy atom. The van der Waals surface area contributed by atoms with Crippen LogP contribution in [0.25, 0.3) is 0 Å². The first-order valence-electron chi connectivity index (χ1n) is 12.1. The SMILES string of the molecule is C[C@]12CC/C(=N\O[C@@H]3CCNC3)C[C@@H]1[C@@H](C(N)=O)C[C@@H]1[C@@H]2CC[C@]2(C)C(=O)CC[C@@H]12.Cl. The summed E-state index contributed by atoms with van der Waals surface area (Å²) in [7, 11) is 0. The molecule has 8 atom stereocenters. The van der Waals surface area contributed by atoms with Crippen molar-refractivity contribution in [3.63, 3.8) is 0 Å². The fourth-order valence-electron chi connectivity index (χ4n) is 8.18. The molecular weight excluding hydrogens is 414 g/mol. The number of nitrogens with one attached hydrogen (secondary N) is 1. The summed E-state index contributed by atoms with van der Waals surface area (Å²) in [6.07, 6.45) is 8.69. The van der Waals surface area contributed by atoms with Gasteiger partial charge in [0.25, 0.3) is 0 Å². The minimum Gasteiger partial charge on any atom is -0.391 e. The molecule has 31 heavy (non-hydrogen) atoms. The average molecular weight is 452 g/mol. The lowest BCUT2D eigenvalue weighted by molar-refractivity contribution is -0.150. The van der Waals surface area contributed by atoms with Crippen molar-refractivity contribution in [2.75, 3.05) is 13.1 Å². The Bertz CT molecular complexity index is 767. The molecule has 4 saturated carbocycles. The van der Waals surface area contributed by atoms with Gasteiger partial charge in [-0.15, -0.1) is 12.4 Å². The maximum absolute atomic E-state index is 12.7. The van der Waals surface area contributed by atoms with Crippen LogP contribution in [0.3, 0.4) is 0 Å². The zero-order chi connectivity index (χ0) is 21.1. The molecule has 0 aromatic rings. The zero-order valence-electron chi connectivity index (χ0n) is 18.9. The maximum Gasteiger partial charge on any atom is 0.220 e. The van der Waals surface area contributed by atoms with Gasteiger partial charge in [0, 0.05) is 30.7 Å². The highest BCUT2D eigenvalue weighted by Crippen LogP contribution is 2.66. The van der Waals surface area contributed by atoms with Gasteiger partial charge in [0.2, 0.25) is 5.91 Å². The molecule has 0 aromatic carbocycles. The Morgan fingerprint density at radius 2 is 1.94 bits per heavy atom. The lowest BCUT2D eigenvalue weighted by atomic mass is 9.43. The summed E-state index contributed by atoms with van der Waals surface area (Å²) in [5.74, 6) is 1.88. The molecule has 5 aliphatic rings. The van der Waals surface area contributed by atoms with Gasteiger partial charge in [-0.3, -0.25) is 9.59 Å². The van der Waals surface area contributed by atoms with Crippen LogP contribution in [0.2, 0.25) is 0 Å². The first-order valence-corrected chi connectivity index (χ1v) is 12.1. The van der Waals surface area contributed by atoms with Crippen molar-refractivity contribution < 1.29 is 14.4 Å². The molecule has 0 spiro atoms. The third kappa shape index (κ3) is 3.62. The van der Waals surface area contributed by atoms with Gasteiger partial charge in [-0.1, -0.05) is 19.0 Å². The van der Waals surface area contributed by atoms with Gasteiger partial charge in [0.15, 0.2) is 0 Å². The number of oxime groups is 1. The maximum atomic E-state index is 12.7. The van der Waals surface area contributed by atoms with Crippen molar-refractivity contribution in [1.82, 2.24) is 5.32 Å². The molecule has 1 heterocycles. The number of rotatable bonds is 3. The van der Waals surface area contributed by atoms with Crippen molar-refractivity contribution in [2.24, 2.45) is 51.3 Å². The third-order valence-electron chi connectivity index (χ3n) is 9.97. The monoisotopic (exact) mass is 451 g/mol. The molecule has 1 saturated heterocycles. The number of nitrogens with zero attached hydrogens (tertiary/aromatic N) is 1. The number of carbonyl (C=O) groups is 2. The molecule has 3 N–H and O–H groups in total. The zero-order valence-corrected chi connectivity index (χ0v) is 19.7. The number of Topliss-reactive ketones (excluding diaryl/α,β-unsaturated/α-hetero) is 1. The Hall–Kier alpha value is -1.14. The van der Waals surface area contributed by atoms with Crippen molar-refractivity contribution in [3.05, 3.63) is 0 Å². The highest BCUT2D eigenvalue weighted by Gasteiger charge is 2.62. The van der Waals surface area contributed by atoms with E-state index in [1.807, 2.05) is 0 Å². The van der Waals surface area contributed by atoms with Gasteiger partial charge in [0.05, 0.1) is 5.71 Å². The number of nitrogens with two attached hydrogens (primary N) is 1. The van der Waals surface area contributed by atoms with E-state index in [1.54, 1.807) is 0 Å². The van der Waals surface area contributed by atoms with Crippen molar-refractivity contribution in [2.45, 2.75) is 77.7 Å². The van der Waals surface area contributed by atoms with Crippen LogP contribution in [-0.4, -0.2) is 36.6 Å². The summed E-state index contributed by atoms with van der Waals surface area (Å²) in [6.45, 7) is 6.45. The Morgan fingerprint density at radius 3 is 2.65 bits per heavy atom. The van der Waals surface area contributed by atoms with Gasteiger partial charge in [0.1, 0.15) is 11.9 Å². The fourth-order valence-corrected chi connectivity index (χ4v) is 8.18. The summed E-state index contributed by atoms with van der Waals surface area (Å²) in [4.78, 5) is 31.1. The number of ketones is 1. The molecular formula is C24H38ClN3O3. The second-order valence-electron chi connectivity index (χ2n) is 11.2. The smallest absolute Gasteiger partial charge is 0.220 e. The second-order valence-corrected chi connectivity index (χ2v) is 11.2. The van der Waals surface area contributed by atoms with E-state index in [-0.39, 0.29) is 47.1 Å². The quantitative estimate of drug-likeness (QED) is 0.642. The van der Waals surface area contributed by atoms with Crippen LogP contribution in [0.5, 0.6) is 0 Å². The summed E-state index contributed by atoms with van der Waals surface area (Å²) in [5, 5.41) is 7.85. The van der Waals surface area contributed by atoms with Crippen LogP contribution in [0, 0.1) is 40.4 Å². The van der Waals surface area contributed by atoms with E-state index < -0.39 is 0 Å². The molecule has 0 bridgehead atoms. The van der Waals surface area contributed by atoms with Gasteiger partial charge >= 0.3 is 0 Å². The number of primary amides is 1. The molecule has 5 fully saturated rings. The number of amides is 1. The first-order chi connectivity index (χ1) is 14.3. The average Bonchev–Trinajstić information content (AvgIpc) is 3.34. The van der Waals surface area contributed by atoms with Gasteiger partial charge in [-0.05, 0) is 80.6 Å². The lowest BCUT2D eigenvalue weighted by Crippen LogP contribution is -2.58. The second kappa shape index (κ2) is 8.33. The topological polar surface area (TPSA) is 93.8 Å². The van der Waals surface area contributed by atoms with E-state index in [0.29, 0.717) is 23.5 Å². The summed E-state index contributed by atoms with van der Waals surface area (Å²) in [5.41, 5.74) is 7.02. The van der Waals surface area contributed by atoms with Crippen LogP contribution in [-0.2, 0) is 14.4 Å². The highest BCUT2D eigenvalue weighted by atomic mass is 35.5.